The molecular formula is C12H19N7O2. The van der Waals surface area contributed by atoms with Crippen molar-refractivity contribution in [1.82, 2.24) is 35.2 Å². The Morgan fingerprint density at radius 1 is 1.24 bits per heavy atom. The number of hydrogen-bond donors (Lipinski definition) is 1. The minimum absolute atomic E-state index is 0.00827. The molecule has 2 heterocycles. The number of carboxylic acids is 1. The summed E-state index contributed by atoms with van der Waals surface area (Å²) in [7, 11) is 0. The smallest absolute Gasteiger partial charge is 0.358 e. The molecule has 0 aromatic carbocycles. The number of unbranched alkanes of at least 4 members (excludes halogenated alkanes) is 1. The van der Waals surface area contributed by atoms with Gasteiger partial charge in [0, 0.05) is 6.54 Å². The first kappa shape index (κ1) is 15.1. The van der Waals surface area contributed by atoms with Crippen LogP contribution in [0.5, 0.6) is 0 Å². The van der Waals surface area contributed by atoms with Gasteiger partial charge in [0.2, 0.25) is 0 Å². The van der Waals surface area contributed by atoms with E-state index in [1.807, 2.05) is 13.8 Å². The monoisotopic (exact) mass is 293 g/mol. The first-order chi connectivity index (χ1) is 10.0. The maximum absolute atomic E-state index is 11.2. The predicted octanol–water partition coefficient (Wildman–Crippen LogP) is 0.935. The van der Waals surface area contributed by atoms with Gasteiger partial charge in [-0.25, -0.2) is 14.2 Å². The van der Waals surface area contributed by atoms with Crippen molar-refractivity contribution >= 4 is 5.97 Å². The summed E-state index contributed by atoms with van der Waals surface area (Å²) in [6.07, 6.45) is 2.02. The second-order valence-corrected chi connectivity index (χ2v) is 5.11. The Bertz CT molecular complexity index is 617. The lowest BCUT2D eigenvalue weighted by molar-refractivity contribution is 0.0688. The molecule has 1 N–H and O–H groups in total. The van der Waals surface area contributed by atoms with E-state index in [2.05, 4.69) is 32.8 Å². The van der Waals surface area contributed by atoms with Crippen molar-refractivity contribution in [2.45, 2.75) is 52.6 Å². The first-order valence-corrected chi connectivity index (χ1v) is 6.96. The summed E-state index contributed by atoms with van der Waals surface area (Å²) in [6, 6.07) is 0. The average molecular weight is 293 g/mol. The normalized spacial score (nSPS) is 11.2. The second-order valence-electron chi connectivity index (χ2n) is 5.11. The Kier molecular flexibility index (Phi) is 4.61. The highest BCUT2D eigenvalue weighted by molar-refractivity contribution is 5.86. The van der Waals surface area contributed by atoms with E-state index < -0.39 is 5.97 Å². The summed E-state index contributed by atoms with van der Waals surface area (Å²) in [6.45, 7) is 6.95. The standard InChI is InChI=1S/C12H19N7O2/c1-4-5-6-18-9(13-15-17-18)7-19-11(8(2)3)10(12(20)21)14-16-19/h8H,4-7H2,1-3H3,(H,20,21). The Labute approximate surface area is 122 Å². The minimum atomic E-state index is -1.07. The van der Waals surface area contributed by atoms with Gasteiger partial charge in [0.05, 0.1) is 5.69 Å². The van der Waals surface area contributed by atoms with Gasteiger partial charge in [0.15, 0.2) is 11.5 Å². The third-order valence-electron chi connectivity index (χ3n) is 3.14. The van der Waals surface area contributed by atoms with Gasteiger partial charge in [-0.1, -0.05) is 32.4 Å². The van der Waals surface area contributed by atoms with Gasteiger partial charge in [-0.05, 0) is 22.8 Å². The van der Waals surface area contributed by atoms with Crippen LogP contribution in [0.25, 0.3) is 0 Å². The van der Waals surface area contributed by atoms with Crippen LogP contribution in [0.15, 0.2) is 0 Å². The Morgan fingerprint density at radius 3 is 2.62 bits per heavy atom. The summed E-state index contributed by atoms with van der Waals surface area (Å²) in [4.78, 5) is 11.2. The summed E-state index contributed by atoms with van der Waals surface area (Å²) in [5.74, 6) is -0.436. The zero-order valence-corrected chi connectivity index (χ0v) is 12.4. The van der Waals surface area contributed by atoms with E-state index in [1.54, 1.807) is 9.36 Å². The van der Waals surface area contributed by atoms with Crippen molar-refractivity contribution in [3.05, 3.63) is 17.2 Å². The first-order valence-electron chi connectivity index (χ1n) is 6.96. The number of hydrogen-bond acceptors (Lipinski definition) is 6. The Balaban J connectivity index is 2.28. The lowest BCUT2D eigenvalue weighted by Gasteiger charge is -2.09. The molecule has 114 valence electrons. The van der Waals surface area contributed by atoms with Crippen molar-refractivity contribution < 1.29 is 9.90 Å². The lowest BCUT2D eigenvalue weighted by Crippen LogP contribution is -2.15. The number of aromatic nitrogens is 7. The zero-order valence-electron chi connectivity index (χ0n) is 12.4. The van der Waals surface area contributed by atoms with Crippen LogP contribution in [-0.2, 0) is 13.1 Å². The SMILES string of the molecule is CCCCn1nnnc1Cn1nnc(C(=O)O)c1C(C)C. The van der Waals surface area contributed by atoms with E-state index in [-0.39, 0.29) is 11.6 Å². The topological polar surface area (TPSA) is 112 Å². The van der Waals surface area contributed by atoms with Gasteiger partial charge in [-0.15, -0.1) is 10.2 Å². The van der Waals surface area contributed by atoms with E-state index in [0.717, 1.165) is 19.4 Å². The third-order valence-corrected chi connectivity index (χ3v) is 3.14. The molecule has 2 aromatic heterocycles. The van der Waals surface area contributed by atoms with Gasteiger partial charge < -0.3 is 5.11 Å². The van der Waals surface area contributed by atoms with Gasteiger partial charge >= 0.3 is 5.97 Å². The average Bonchev–Trinajstić information content (AvgIpc) is 3.03. The van der Waals surface area contributed by atoms with Crippen molar-refractivity contribution in [3.8, 4) is 0 Å². The molecule has 0 radical (unpaired) electrons. The minimum Gasteiger partial charge on any atom is -0.476 e. The van der Waals surface area contributed by atoms with Crippen molar-refractivity contribution in [1.29, 1.82) is 0 Å². The van der Waals surface area contributed by atoms with E-state index in [0.29, 0.717) is 18.1 Å². The van der Waals surface area contributed by atoms with Gasteiger partial charge in [0.25, 0.3) is 0 Å². The van der Waals surface area contributed by atoms with Crippen LogP contribution in [0, 0.1) is 0 Å². The highest BCUT2D eigenvalue weighted by Gasteiger charge is 2.22. The fourth-order valence-corrected chi connectivity index (χ4v) is 2.11. The van der Waals surface area contributed by atoms with Crippen molar-refractivity contribution in [2.75, 3.05) is 0 Å². The summed E-state index contributed by atoms with van der Waals surface area (Å²) >= 11 is 0. The number of carboxylic acid groups (broad SMARTS) is 1. The van der Waals surface area contributed by atoms with Crippen molar-refractivity contribution in [2.24, 2.45) is 0 Å². The molecule has 0 atom stereocenters. The third kappa shape index (κ3) is 3.23. The molecule has 2 rings (SSSR count). The number of aromatic carboxylic acids is 1. The molecule has 0 aliphatic heterocycles. The van der Waals surface area contributed by atoms with E-state index in [4.69, 9.17) is 5.11 Å². The fourth-order valence-electron chi connectivity index (χ4n) is 2.11. The van der Waals surface area contributed by atoms with Crippen LogP contribution in [0.1, 0.15) is 61.5 Å². The number of nitrogens with zero attached hydrogens (tertiary/aromatic N) is 7. The summed E-state index contributed by atoms with van der Waals surface area (Å²) in [5, 5.41) is 28.4. The van der Waals surface area contributed by atoms with Gasteiger partial charge in [0.1, 0.15) is 6.54 Å². The molecule has 0 aliphatic carbocycles. The molecule has 9 heteroatoms. The highest BCUT2D eigenvalue weighted by atomic mass is 16.4. The van der Waals surface area contributed by atoms with E-state index in [1.165, 1.54) is 0 Å². The lowest BCUT2D eigenvalue weighted by atomic mass is 10.1. The molecule has 0 amide bonds. The van der Waals surface area contributed by atoms with Crippen LogP contribution >= 0.6 is 0 Å². The molecule has 0 bridgehead atoms. The molecule has 9 nitrogen and oxygen atoms in total. The fraction of sp³-hybridized carbons (Fsp3) is 0.667. The maximum Gasteiger partial charge on any atom is 0.358 e. The van der Waals surface area contributed by atoms with Gasteiger partial charge in [-0.3, -0.25) is 0 Å². The molecule has 0 saturated carbocycles. The quantitative estimate of drug-likeness (QED) is 0.808. The molecule has 0 fully saturated rings. The molecular weight excluding hydrogens is 274 g/mol. The predicted molar refractivity (Wildman–Crippen MR) is 72.9 cm³/mol. The van der Waals surface area contributed by atoms with Crippen LogP contribution < -0.4 is 0 Å². The van der Waals surface area contributed by atoms with Crippen LogP contribution in [0.2, 0.25) is 0 Å². The maximum atomic E-state index is 11.2. The Hall–Kier alpha value is -2.32. The summed E-state index contributed by atoms with van der Waals surface area (Å²) < 4.78 is 3.28. The highest BCUT2D eigenvalue weighted by Crippen LogP contribution is 2.18. The summed E-state index contributed by atoms with van der Waals surface area (Å²) in [5.41, 5.74) is 0.560. The number of aryl methyl sites for hydroxylation is 1. The largest absolute Gasteiger partial charge is 0.476 e. The molecule has 0 aliphatic rings. The van der Waals surface area contributed by atoms with Crippen LogP contribution in [-0.4, -0.2) is 46.3 Å². The van der Waals surface area contributed by atoms with E-state index >= 15 is 0 Å². The van der Waals surface area contributed by atoms with Gasteiger partial charge in [-0.2, -0.15) is 0 Å². The molecule has 0 unspecified atom stereocenters. The van der Waals surface area contributed by atoms with Crippen LogP contribution in [0.3, 0.4) is 0 Å². The Morgan fingerprint density at radius 2 is 2.00 bits per heavy atom. The number of rotatable bonds is 7. The molecule has 21 heavy (non-hydrogen) atoms. The number of carbonyl (C=O) groups is 1. The number of tetrazole rings is 1. The molecule has 0 spiro atoms. The molecule has 2 aromatic rings. The van der Waals surface area contributed by atoms with E-state index in [9.17, 15) is 4.79 Å². The molecule has 0 saturated heterocycles. The van der Waals surface area contributed by atoms with Crippen molar-refractivity contribution in [3.63, 3.8) is 0 Å². The second kappa shape index (κ2) is 6.42. The zero-order chi connectivity index (χ0) is 15.4. The van der Waals surface area contributed by atoms with Crippen LogP contribution in [0.4, 0.5) is 0 Å².